The van der Waals surface area contributed by atoms with Crippen LogP contribution in [0.1, 0.15) is 22.6 Å². The van der Waals surface area contributed by atoms with Gasteiger partial charge in [0.25, 0.3) is 0 Å². The van der Waals surface area contributed by atoms with Gasteiger partial charge in [0, 0.05) is 37.6 Å². The van der Waals surface area contributed by atoms with E-state index >= 15 is 0 Å². The maximum atomic E-state index is 9.42. The van der Waals surface area contributed by atoms with Gasteiger partial charge in [-0.2, -0.15) is 0 Å². The number of aromatic nitrogens is 3. The molecule has 0 saturated carbocycles. The Kier molecular flexibility index (Phi) is 6.54. The van der Waals surface area contributed by atoms with E-state index in [2.05, 4.69) is 14.9 Å². The number of rotatable bonds is 8. The van der Waals surface area contributed by atoms with Crippen LogP contribution in [-0.2, 0) is 26.2 Å². The van der Waals surface area contributed by atoms with E-state index in [1.807, 2.05) is 91.3 Å². The van der Waals surface area contributed by atoms with Crippen LogP contribution in [0.15, 0.2) is 91.3 Å². The summed E-state index contributed by atoms with van der Waals surface area (Å²) in [6.45, 7) is 2.13. The molecule has 150 valence electrons. The van der Waals surface area contributed by atoms with Crippen LogP contribution in [0.5, 0.6) is 0 Å². The summed E-state index contributed by atoms with van der Waals surface area (Å²) in [6.07, 6.45) is 3.64. The van der Waals surface area contributed by atoms with Crippen LogP contribution in [0.2, 0.25) is 0 Å². The van der Waals surface area contributed by atoms with Gasteiger partial charge in [-0.25, -0.2) is 0 Å². The highest BCUT2D eigenvalue weighted by molar-refractivity contribution is 5.60. The Morgan fingerprint density at radius 3 is 1.93 bits per heavy atom. The van der Waals surface area contributed by atoms with E-state index in [1.165, 1.54) is 0 Å². The van der Waals surface area contributed by atoms with Gasteiger partial charge in [-0.3, -0.25) is 19.9 Å². The van der Waals surface area contributed by atoms with Gasteiger partial charge in [-0.1, -0.05) is 36.4 Å². The molecule has 0 aliphatic rings. The van der Waals surface area contributed by atoms with Gasteiger partial charge in [-0.15, -0.1) is 0 Å². The first-order valence-electron chi connectivity index (χ1n) is 9.98. The quantitative estimate of drug-likeness (QED) is 0.483. The molecule has 1 N–H and O–H groups in total. The number of nitrogens with zero attached hydrogens (tertiary/aromatic N) is 4. The normalized spacial score (nSPS) is 11.0. The van der Waals surface area contributed by atoms with Crippen LogP contribution in [-0.4, -0.2) is 25.0 Å². The van der Waals surface area contributed by atoms with E-state index in [4.69, 9.17) is 4.98 Å². The third-order valence-corrected chi connectivity index (χ3v) is 4.82. The van der Waals surface area contributed by atoms with E-state index in [0.29, 0.717) is 19.6 Å². The highest BCUT2D eigenvalue weighted by Gasteiger charge is 2.11. The second kappa shape index (κ2) is 9.87. The predicted molar refractivity (Wildman–Crippen MR) is 117 cm³/mol. The monoisotopic (exact) mass is 396 g/mol. The lowest BCUT2D eigenvalue weighted by molar-refractivity contribution is 0.239. The Labute approximate surface area is 176 Å². The van der Waals surface area contributed by atoms with Crippen LogP contribution >= 0.6 is 0 Å². The van der Waals surface area contributed by atoms with Gasteiger partial charge in [0.05, 0.1) is 29.4 Å². The zero-order valence-electron chi connectivity index (χ0n) is 16.7. The van der Waals surface area contributed by atoms with Crippen LogP contribution in [0, 0.1) is 0 Å². The van der Waals surface area contributed by atoms with Crippen molar-refractivity contribution in [2.24, 2.45) is 0 Å². The number of pyridine rings is 3. The predicted octanol–water partition coefficient (Wildman–Crippen LogP) is 4.23. The molecule has 0 unspecified atom stereocenters. The fraction of sp³-hybridized carbons (Fsp3) is 0.160. The molecule has 1 aromatic carbocycles. The summed E-state index contributed by atoms with van der Waals surface area (Å²) in [5, 5.41) is 9.42. The van der Waals surface area contributed by atoms with Gasteiger partial charge in [0.2, 0.25) is 0 Å². The van der Waals surface area contributed by atoms with Crippen molar-refractivity contribution in [3.63, 3.8) is 0 Å². The van der Waals surface area contributed by atoms with Crippen molar-refractivity contribution in [3.8, 4) is 11.3 Å². The Balaban J connectivity index is 1.57. The second-order valence-corrected chi connectivity index (χ2v) is 7.16. The Hall–Kier alpha value is -3.41. The first-order chi connectivity index (χ1) is 14.8. The third-order valence-electron chi connectivity index (χ3n) is 4.82. The molecule has 0 atom stereocenters. The largest absolute Gasteiger partial charge is 0.392 e. The van der Waals surface area contributed by atoms with Gasteiger partial charge in [-0.05, 0) is 48.0 Å². The maximum absolute atomic E-state index is 9.42. The minimum atomic E-state index is 0.0233. The summed E-state index contributed by atoms with van der Waals surface area (Å²) >= 11 is 0. The van der Waals surface area contributed by atoms with Gasteiger partial charge < -0.3 is 5.11 Å². The molecule has 0 radical (unpaired) electrons. The van der Waals surface area contributed by atoms with Crippen molar-refractivity contribution in [3.05, 3.63) is 114 Å². The molecule has 0 aliphatic heterocycles. The third kappa shape index (κ3) is 5.35. The van der Waals surface area contributed by atoms with Crippen LogP contribution < -0.4 is 0 Å². The summed E-state index contributed by atoms with van der Waals surface area (Å²) in [6, 6.07) is 25.9. The average Bonchev–Trinajstić information content (AvgIpc) is 2.80. The summed E-state index contributed by atoms with van der Waals surface area (Å²) in [5.41, 5.74) is 5.80. The Bertz CT molecular complexity index is 1030. The van der Waals surface area contributed by atoms with E-state index in [1.54, 1.807) is 0 Å². The Morgan fingerprint density at radius 1 is 0.667 bits per heavy atom. The fourth-order valence-electron chi connectivity index (χ4n) is 3.40. The molecular formula is C25H24N4O. The van der Waals surface area contributed by atoms with Crippen molar-refractivity contribution in [1.29, 1.82) is 0 Å². The van der Waals surface area contributed by atoms with Crippen molar-refractivity contribution in [1.82, 2.24) is 19.9 Å². The molecule has 0 saturated heterocycles. The molecule has 0 spiro atoms. The molecule has 5 nitrogen and oxygen atoms in total. The summed E-state index contributed by atoms with van der Waals surface area (Å²) in [5.74, 6) is 0. The molecule has 3 heterocycles. The summed E-state index contributed by atoms with van der Waals surface area (Å²) < 4.78 is 0. The molecule has 30 heavy (non-hydrogen) atoms. The summed E-state index contributed by atoms with van der Waals surface area (Å²) in [7, 11) is 0. The van der Waals surface area contributed by atoms with Crippen LogP contribution in [0.4, 0.5) is 0 Å². The molecule has 4 aromatic rings. The minimum Gasteiger partial charge on any atom is -0.392 e. The molecule has 0 bridgehead atoms. The van der Waals surface area contributed by atoms with Gasteiger partial charge in [0.1, 0.15) is 0 Å². The lowest BCUT2D eigenvalue weighted by Gasteiger charge is -2.21. The van der Waals surface area contributed by atoms with Crippen molar-refractivity contribution < 1.29 is 5.11 Å². The van der Waals surface area contributed by atoms with E-state index in [9.17, 15) is 5.11 Å². The number of aliphatic hydroxyl groups excluding tert-OH is 1. The first-order valence-corrected chi connectivity index (χ1v) is 9.98. The van der Waals surface area contributed by atoms with Gasteiger partial charge in [0.15, 0.2) is 0 Å². The number of aliphatic hydroxyl groups is 1. The fourth-order valence-corrected chi connectivity index (χ4v) is 3.40. The molecular weight excluding hydrogens is 372 g/mol. The zero-order valence-corrected chi connectivity index (χ0v) is 16.7. The topological polar surface area (TPSA) is 62.1 Å². The maximum Gasteiger partial charge on any atom is 0.0705 e. The standard InChI is InChI=1S/C25H24N4O/c30-19-20-7-5-8-21(15-20)25-12-6-11-24(28-25)18-29(16-22-9-1-3-13-26-22)17-23-10-2-4-14-27-23/h1-15,30H,16-19H2. The highest BCUT2D eigenvalue weighted by atomic mass is 16.3. The SMILES string of the molecule is OCc1cccc(-c2cccc(CN(Cc3ccccn3)Cc3ccccn3)n2)c1. The summed E-state index contributed by atoms with van der Waals surface area (Å²) in [4.78, 5) is 16.1. The van der Waals surface area contributed by atoms with Crippen molar-refractivity contribution in [2.45, 2.75) is 26.2 Å². The minimum absolute atomic E-state index is 0.0233. The molecule has 3 aromatic heterocycles. The van der Waals surface area contributed by atoms with Gasteiger partial charge >= 0.3 is 0 Å². The average molecular weight is 396 g/mol. The molecule has 5 heteroatoms. The first kappa shape index (κ1) is 19.9. The second-order valence-electron chi connectivity index (χ2n) is 7.16. The van der Waals surface area contributed by atoms with Crippen LogP contribution in [0.25, 0.3) is 11.3 Å². The molecule has 0 amide bonds. The van der Waals surface area contributed by atoms with Crippen molar-refractivity contribution >= 4 is 0 Å². The number of hydrogen-bond donors (Lipinski definition) is 1. The van der Waals surface area contributed by atoms with Crippen LogP contribution in [0.3, 0.4) is 0 Å². The number of benzene rings is 1. The van der Waals surface area contributed by atoms with Crippen molar-refractivity contribution in [2.75, 3.05) is 0 Å². The van der Waals surface area contributed by atoms with E-state index in [-0.39, 0.29) is 6.61 Å². The highest BCUT2D eigenvalue weighted by Crippen LogP contribution is 2.20. The lowest BCUT2D eigenvalue weighted by Crippen LogP contribution is -2.24. The van der Waals surface area contributed by atoms with E-state index in [0.717, 1.165) is 33.9 Å². The Morgan fingerprint density at radius 2 is 1.30 bits per heavy atom. The lowest BCUT2D eigenvalue weighted by atomic mass is 10.1. The zero-order chi connectivity index (χ0) is 20.6. The molecule has 0 aliphatic carbocycles. The number of hydrogen-bond acceptors (Lipinski definition) is 5. The molecule has 4 rings (SSSR count). The smallest absolute Gasteiger partial charge is 0.0705 e. The van der Waals surface area contributed by atoms with E-state index < -0.39 is 0 Å². The molecule has 0 fully saturated rings.